The van der Waals surface area contributed by atoms with Gasteiger partial charge in [0.2, 0.25) is 0 Å². The second kappa shape index (κ2) is 6.49. The van der Waals surface area contributed by atoms with Crippen LogP contribution in [0, 0.1) is 5.92 Å². The Balaban J connectivity index is 2.18. The average molecular weight is 206 g/mol. The second-order valence-corrected chi connectivity index (χ2v) is 4.62. The molecule has 1 nitrogen and oxygen atoms in total. The normalized spacial score (nSPS) is 10.9. The van der Waals surface area contributed by atoms with E-state index in [0.717, 1.165) is 17.9 Å². The third-order valence-corrected chi connectivity index (χ3v) is 2.72. The van der Waals surface area contributed by atoms with Gasteiger partial charge in [0.1, 0.15) is 5.75 Å². The minimum absolute atomic E-state index is 0.446. The second-order valence-electron chi connectivity index (χ2n) is 4.62. The molecular formula is C14H22O. The smallest absolute Gasteiger partial charge is 0.118 e. The van der Waals surface area contributed by atoms with E-state index in [2.05, 4.69) is 13.8 Å². The molecule has 0 radical (unpaired) electrons. The molecular weight excluding hydrogens is 184 g/mol. The topological polar surface area (TPSA) is 20.2 Å². The zero-order valence-electron chi connectivity index (χ0n) is 9.87. The fraction of sp³-hybridized carbons (Fsp3) is 0.571. The standard InChI is InChI=1S/C14H22O/c1-12(2)8-4-3-5-9-13-10-6-7-11-14(13)15/h6-7,10-12,15H,3-5,8-9H2,1-2H3. The molecule has 1 aromatic carbocycles. The molecule has 0 aliphatic carbocycles. The number of hydrogen-bond donors (Lipinski definition) is 1. The van der Waals surface area contributed by atoms with E-state index in [1.165, 1.54) is 25.7 Å². The molecule has 0 amide bonds. The Bertz CT molecular complexity index is 278. The largest absolute Gasteiger partial charge is 0.508 e. The van der Waals surface area contributed by atoms with Gasteiger partial charge in [-0.1, -0.05) is 51.3 Å². The first-order chi connectivity index (χ1) is 7.20. The van der Waals surface area contributed by atoms with Crippen molar-refractivity contribution < 1.29 is 5.11 Å². The number of phenols is 1. The van der Waals surface area contributed by atoms with E-state index >= 15 is 0 Å². The fourth-order valence-electron chi connectivity index (χ4n) is 1.77. The first kappa shape index (κ1) is 12.1. The molecule has 0 unspecified atom stereocenters. The molecule has 1 N–H and O–H groups in total. The van der Waals surface area contributed by atoms with E-state index in [1.54, 1.807) is 6.07 Å². The molecule has 1 heteroatoms. The molecule has 0 aliphatic heterocycles. The minimum Gasteiger partial charge on any atom is -0.508 e. The quantitative estimate of drug-likeness (QED) is 0.693. The SMILES string of the molecule is CC(C)CCCCCc1ccccc1O. The van der Waals surface area contributed by atoms with Crippen molar-refractivity contribution in [1.29, 1.82) is 0 Å². The lowest BCUT2D eigenvalue weighted by Crippen LogP contribution is -1.89. The average Bonchev–Trinajstić information content (AvgIpc) is 2.20. The van der Waals surface area contributed by atoms with Gasteiger partial charge in [0.25, 0.3) is 0 Å². The molecule has 0 fully saturated rings. The number of aryl methyl sites for hydroxylation is 1. The number of hydrogen-bond acceptors (Lipinski definition) is 1. The van der Waals surface area contributed by atoms with Gasteiger partial charge in [-0.3, -0.25) is 0 Å². The molecule has 0 aromatic heterocycles. The van der Waals surface area contributed by atoms with Crippen LogP contribution in [-0.2, 0) is 6.42 Å². The molecule has 15 heavy (non-hydrogen) atoms. The lowest BCUT2D eigenvalue weighted by molar-refractivity contribution is 0.465. The number of rotatable bonds is 6. The Morgan fingerprint density at radius 2 is 1.80 bits per heavy atom. The van der Waals surface area contributed by atoms with Crippen molar-refractivity contribution in [2.24, 2.45) is 5.92 Å². The molecule has 0 aliphatic rings. The maximum absolute atomic E-state index is 9.56. The number of benzene rings is 1. The summed E-state index contributed by atoms with van der Waals surface area (Å²) in [5.41, 5.74) is 1.09. The Morgan fingerprint density at radius 1 is 1.07 bits per heavy atom. The summed E-state index contributed by atoms with van der Waals surface area (Å²) in [5.74, 6) is 1.26. The third-order valence-electron chi connectivity index (χ3n) is 2.72. The number of para-hydroxylation sites is 1. The molecule has 0 saturated carbocycles. The van der Waals surface area contributed by atoms with Crippen LogP contribution >= 0.6 is 0 Å². The van der Waals surface area contributed by atoms with Crippen molar-refractivity contribution in [2.45, 2.75) is 46.0 Å². The van der Waals surface area contributed by atoms with Crippen molar-refractivity contribution >= 4 is 0 Å². The van der Waals surface area contributed by atoms with Gasteiger partial charge in [0, 0.05) is 0 Å². The lowest BCUT2D eigenvalue weighted by Gasteiger charge is -2.05. The van der Waals surface area contributed by atoms with Gasteiger partial charge in [-0.2, -0.15) is 0 Å². The maximum Gasteiger partial charge on any atom is 0.118 e. The van der Waals surface area contributed by atoms with E-state index in [4.69, 9.17) is 0 Å². The predicted molar refractivity (Wildman–Crippen MR) is 65.1 cm³/mol. The van der Waals surface area contributed by atoms with Gasteiger partial charge in [-0.25, -0.2) is 0 Å². The summed E-state index contributed by atoms with van der Waals surface area (Å²) in [5, 5.41) is 9.56. The van der Waals surface area contributed by atoms with E-state index in [9.17, 15) is 5.11 Å². The highest BCUT2D eigenvalue weighted by molar-refractivity contribution is 5.31. The van der Waals surface area contributed by atoms with Gasteiger partial charge < -0.3 is 5.11 Å². The van der Waals surface area contributed by atoms with Crippen LogP contribution in [0.15, 0.2) is 24.3 Å². The maximum atomic E-state index is 9.56. The molecule has 0 spiro atoms. The van der Waals surface area contributed by atoms with E-state index in [1.807, 2.05) is 18.2 Å². The zero-order valence-corrected chi connectivity index (χ0v) is 9.87. The van der Waals surface area contributed by atoms with Crippen molar-refractivity contribution in [2.75, 3.05) is 0 Å². The van der Waals surface area contributed by atoms with Crippen LogP contribution in [0.1, 0.15) is 45.1 Å². The van der Waals surface area contributed by atoms with Crippen LogP contribution in [0.25, 0.3) is 0 Å². The third kappa shape index (κ3) is 4.87. The van der Waals surface area contributed by atoms with Crippen LogP contribution < -0.4 is 0 Å². The summed E-state index contributed by atoms with van der Waals surface area (Å²) < 4.78 is 0. The van der Waals surface area contributed by atoms with Gasteiger partial charge in [0.15, 0.2) is 0 Å². The number of phenolic OH excluding ortho intramolecular Hbond substituents is 1. The summed E-state index contributed by atoms with van der Waals surface area (Å²) in [4.78, 5) is 0. The summed E-state index contributed by atoms with van der Waals surface area (Å²) in [7, 11) is 0. The first-order valence-electron chi connectivity index (χ1n) is 5.97. The van der Waals surface area contributed by atoms with Crippen LogP contribution in [0.2, 0.25) is 0 Å². The highest BCUT2D eigenvalue weighted by Gasteiger charge is 1.99. The highest BCUT2D eigenvalue weighted by Crippen LogP contribution is 2.18. The number of unbranched alkanes of at least 4 members (excludes halogenated alkanes) is 2. The van der Waals surface area contributed by atoms with Crippen molar-refractivity contribution in [3.05, 3.63) is 29.8 Å². The Morgan fingerprint density at radius 3 is 2.47 bits per heavy atom. The zero-order chi connectivity index (χ0) is 11.1. The van der Waals surface area contributed by atoms with Gasteiger partial charge in [0.05, 0.1) is 0 Å². The van der Waals surface area contributed by atoms with Crippen molar-refractivity contribution in [3.8, 4) is 5.75 Å². The molecule has 0 heterocycles. The monoisotopic (exact) mass is 206 g/mol. The number of aromatic hydroxyl groups is 1. The first-order valence-corrected chi connectivity index (χ1v) is 5.97. The minimum atomic E-state index is 0.446. The van der Waals surface area contributed by atoms with Gasteiger partial charge in [-0.05, 0) is 30.4 Å². The van der Waals surface area contributed by atoms with E-state index in [0.29, 0.717) is 5.75 Å². The van der Waals surface area contributed by atoms with Crippen LogP contribution in [0.4, 0.5) is 0 Å². The Labute approximate surface area is 93.1 Å². The van der Waals surface area contributed by atoms with Crippen LogP contribution in [0.3, 0.4) is 0 Å². The predicted octanol–water partition coefficient (Wildman–Crippen LogP) is 4.15. The summed E-state index contributed by atoms with van der Waals surface area (Å²) >= 11 is 0. The summed E-state index contributed by atoms with van der Waals surface area (Å²) in [6.45, 7) is 4.53. The Hall–Kier alpha value is -0.980. The molecule has 1 rings (SSSR count). The molecule has 0 bridgehead atoms. The highest BCUT2D eigenvalue weighted by atomic mass is 16.3. The summed E-state index contributed by atoms with van der Waals surface area (Å²) in [6.07, 6.45) is 6.09. The molecule has 0 atom stereocenters. The lowest BCUT2D eigenvalue weighted by atomic mass is 10.0. The van der Waals surface area contributed by atoms with Gasteiger partial charge in [-0.15, -0.1) is 0 Å². The van der Waals surface area contributed by atoms with E-state index < -0.39 is 0 Å². The van der Waals surface area contributed by atoms with Crippen molar-refractivity contribution in [1.82, 2.24) is 0 Å². The Kier molecular flexibility index (Phi) is 5.23. The van der Waals surface area contributed by atoms with Crippen LogP contribution in [-0.4, -0.2) is 5.11 Å². The van der Waals surface area contributed by atoms with Crippen molar-refractivity contribution in [3.63, 3.8) is 0 Å². The van der Waals surface area contributed by atoms with Crippen LogP contribution in [0.5, 0.6) is 5.75 Å². The molecule has 84 valence electrons. The van der Waals surface area contributed by atoms with E-state index in [-0.39, 0.29) is 0 Å². The fourth-order valence-corrected chi connectivity index (χ4v) is 1.77. The van der Waals surface area contributed by atoms with Gasteiger partial charge >= 0.3 is 0 Å². The molecule has 0 saturated heterocycles. The molecule has 1 aromatic rings. The summed E-state index contributed by atoms with van der Waals surface area (Å²) in [6, 6.07) is 7.64.